The third-order valence-corrected chi connectivity index (χ3v) is 8.11. The maximum Gasteiger partial charge on any atom is 0.190 e. The zero-order chi connectivity index (χ0) is 23.3. The van der Waals surface area contributed by atoms with Crippen LogP contribution in [0, 0.1) is 0 Å². The number of hydrogen-bond acceptors (Lipinski definition) is 2. The van der Waals surface area contributed by atoms with Gasteiger partial charge < -0.3 is 9.47 Å². The lowest BCUT2D eigenvalue weighted by Gasteiger charge is -2.31. The van der Waals surface area contributed by atoms with Crippen molar-refractivity contribution < 1.29 is 9.47 Å². The van der Waals surface area contributed by atoms with Crippen molar-refractivity contribution in [2.45, 2.75) is 5.41 Å². The molecule has 166 valence electrons. The van der Waals surface area contributed by atoms with Gasteiger partial charge in [0.2, 0.25) is 0 Å². The summed E-state index contributed by atoms with van der Waals surface area (Å²) in [6, 6.07) is 33.7. The van der Waals surface area contributed by atoms with Gasteiger partial charge in [-0.1, -0.05) is 102 Å². The Morgan fingerprint density at radius 3 is 1.60 bits per heavy atom. The zero-order valence-corrected chi connectivity index (χ0v) is 19.8. The maximum atomic E-state index is 6.53. The lowest BCUT2D eigenvalue weighted by molar-refractivity contribution is 0.361. The third-order valence-electron chi connectivity index (χ3n) is 7.51. The molecule has 0 radical (unpaired) electrons. The minimum absolute atomic E-state index is 0.435. The fourth-order valence-corrected chi connectivity index (χ4v) is 6.61. The van der Waals surface area contributed by atoms with E-state index in [2.05, 4.69) is 78.9 Å². The molecule has 1 spiro atoms. The van der Waals surface area contributed by atoms with Gasteiger partial charge in [0.05, 0.1) is 15.5 Å². The summed E-state index contributed by atoms with van der Waals surface area (Å²) in [4.78, 5) is 0. The van der Waals surface area contributed by atoms with Crippen LogP contribution in [-0.4, -0.2) is 0 Å². The summed E-state index contributed by atoms with van der Waals surface area (Å²) in [6.45, 7) is 0. The van der Waals surface area contributed by atoms with Crippen molar-refractivity contribution in [1.29, 1.82) is 0 Å². The van der Waals surface area contributed by atoms with Gasteiger partial charge in [0.1, 0.15) is 0 Å². The van der Waals surface area contributed by atoms with Gasteiger partial charge in [-0.3, -0.25) is 0 Å². The number of halogens is 2. The molecule has 1 heterocycles. The van der Waals surface area contributed by atoms with Gasteiger partial charge in [-0.15, -0.1) is 0 Å². The Hall–Kier alpha value is -3.72. The van der Waals surface area contributed by atoms with E-state index < -0.39 is 5.41 Å². The van der Waals surface area contributed by atoms with Crippen molar-refractivity contribution >= 4 is 23.2 Å². The maximum absolute atomic E-state index is 6.53. The first-order chi connectivity index (χ1) is 17.2. The van der Waals surface area contributed by atoms with Crippen LogP contribution in [0.25, 0.3) is 22.3 Å². The molecule has 0 atom stereocenters. The molecule has 0 amide bonds. The van der Waals surface area contributed by atoms with Crippen LogP contribution in [0.4, 0.5) is 0 Å². The highest BCUT2D eigenvalue weighted by atomic mass is 35.5. The monoisotopic (exact) mass is 490 g/mol. The molecule has 0 saturated carbocycles. The Balaban J connectivity index is 1.50. The van der Waals surface area contributed by atoms with E-state index in [0.29, 0.717) is 33.0 Å². The minimum Gasteiger partial charge on any atom is -0.448 e. The van der Waals surface area contributed by atoms with E-state index in [-0.39, 0.29) is 0 Å². The van der Waals surface area contributed by atoms with Crippen molar-refractivity contribution in [3.05, 3.63) is 129 Å². The predicted octanol–water partition coefficient (Wildman–Crippen LogP) is 9.23. The lowest BCUT2D eigenvalue weighted by Crippen LogP contribution is -2.25. The molecule has 5 aromatic carbocycles. The molecule has 1 aliphatic heterocycles. The Morgan fingerprint density at radius 2 is 0.971 bits per heavy atom. The summed E-state index contributed by atoms with van der Waals surface area (Å²) >= 11 is 12.9. The number of rotatable bonds is 0. The number of hydrogen-bond donors (Lipinski definition) is 0. The highest BCUT2D eigenvalue weighted by molar-refractivity contribution is 6.35. The van der Waals surface area contributed by atoms with Crippen molar-refractivity contribution in [3.63, 3.8) is 0 Å². The molecule has 0 saturated heterocycles. The van der Waals surface area contributed by atoms with E-state index in [0.717, 1.165) is 11.1 Å². The average Bonchev–Trinajstić information content (AvgIpc) is 3.38. The SMILES string of the molecule is Clc1ccc(Cl)c2c1Oc1ccc3c(c1O2)-c1ccccc1C31c2ccccc2-c2ccccc21. The van der Waals surface area contributed by atoms with Gasteiger partial charge >= 0.3 is 0 Å². The molecule has 0 N–H and O–H groups in total. The fourth-order valence-electron chi connectivity index (χ4n) is 6.23. The lowest BCUT2D eigenvalue weighted by atomic mass is 9.70. The number of ether oxygens (including phenoxy) is 2. The summed E-state index contributed by atoms with van der Waals surface area (Å²) in [6.07, 6.45) is 0. The first kappa shape index (κ1) is 19.6. The second kappa shape index (κ2) is 6.69. The van der Waals surface area contributed by atoms with Crippen LogP contribution in [0.1, 0.15) is 22.3 Å². The average molecular weight is 491 g/mol. The molecule has 8 rings (SSSR count). The van der Waals surface area contributed by atoms with Crippen molar-refractivity contribution in [2.24, 2.45) is 0 Å². The van der Waals surface area contributed by atoms with Crippen LogP contribution in [0.2, 0.25) is 10.0 Å². The molecule has 35 heavy (non-hydrogen) atoms. The van der Waals surface area contributed by atoms with Gasteiger partial charge in [0, 0.05) is 5.56 Å². The topological polar surface area (TPSA) is 18.5 Å². The molecule has 0 fully saturated rings. The minimum atomic E-state index is -0.435. The molecule has 3 aliphatic rings. The largest absolute Gasteiger partial charge is 0.448 e. The molecule has 5 aromatic rings. The Bertz CT molecular complexity index is 1690. The van der Waals surface area contributed by atoms with Crippen LogP contribution in [-0.2, 0) is 5.41 Å². The van der Waals surface area contributed by atoms with Crippen molar-refractivity contribution in [1.82, 2.24) is 0 Å². The van der Waals surface area contributed by atoms with Crippen LogP contribution in [0.5, 0.6) is 23.0 Å². The predicted molar refractivity (Wildman–Crippen MR) is 139 cm³/mol. The van der Waals surface area contributed by atoms with E-state index in [9.17, 15) is 0 Å². The van der Waals surface area contributed by atoms with Crippen LogP contribution < -0.4 is 9.47 Å². The van der Waals surface area contributed by atoms with Gasteiger partial charge in [-0.2, -0.15) is 0 Å². The molecule has 0 aromatic heterocycles. The van der Waals surface area contributed by atoms with Crippen molar-refractivity contribution in [2.75, 3.05) is 0 Å². The molecular weight excluding hydrogens is 475 g/mol. The van der Waals surface area contributed by atoms with E-state index in [1.54, 1.807) is 12.1 Å². The first-order valence-corrected chi connectivity index (χ1v) is 12.3. The highest BCUT2D eigenvalue weighted by Gasteiger charge is 2.53. The normalized spacial score (nSPS) is 14.7. The second-order valence-electron chi connectivity index (χ2n) is 9.09. The van der Waals surface area contributed by atoms with Gasteiger partial charge in [0.25, 0.3) is 0 Å². The summed E-state index contributed by atoms with van der Waals surface area (Å²) in [5, 5.41) is 0.927. The van der Waals surface area contributed by atoms with Crippen LogP contribution in [0.3, 0.4) is 0 Å². The highest BCUT2D eigenvalue weighted by Crippen LogP contribution is 2.66. The summed E-state index contributed by atoms with van der Waals surface area (Å²) in [7, 11) is 0. The van der Waals surface area contributed by atoms with E-state index in [4.69, 9.17) is 32.7 Å². The number of fused-ring (bicyclic) bond motifs is 13. The number of benzene rings is 5. The molecule has 0 unspecified atom stereocenters. The van der Waals surface area contributed by atoms with Gasteiger partial charge in [0.15, 0.2) is 23.0 Å². The Kier molecular flexibility index (Phi) is 3.74. The standard InChI is InChI=1S/C31H16Cl2O2/c32-24-14-15-25(33)29-28(24)34-26-16-13-23-27(30(26)35-29)19-9-3-6-12-22(19)31(23)20-10-4-1-7-17(20)18-8-2-5-11-21(18)31/h1-16H. The van der Waals surface area contributed by atoms with Crippen molar-refractivity contribution in [3.8, 4) is 45.3 Å². The first-order valence-electron chi connectivity index (χ1n) is 11.5. The van der Waals surface area contributed by atoms with Gasteiger partial charge in [-0.25, -0.2) is 0 Å². The fraction of sp³-hybridized carbons (Fsp3) is 0.0323. The van der Waals surface area contributed by atoms with E-state index in [1.165, 1.54) is 33.4 Å². The molecule has 4 heteroatoms. The van der Waals surface area contributed by atoms with E-state index >= 15 is 0 Å². The third kappa shape index (κ3) is 2.27. The van der Waals surface area contributed by atoms with Crippen LogP contribution >= 0.6 is 23.2 Å². The Labute approximate surface area is 212 Å². The second-order valence-corrected chi connectivity index (χ2v) is 9.91. The van der Waals surface area contributed by atoms with E-state index in [1.807, 2.05) is 6.07 Å². The molecular formula is C31H16Cl2O2. The summed E-state index contributed by atoms with van der Waals surface area (Å²) < 4.78 is 12.8. The molecule has 2 nitrogen and oxygen atoms in total. The summed E-state index contributed by atoms with van der Waals surface area (Å²) in [5.74, 6) is 2.20. The van der Waals surface area contributed by atoms with Gasteiger partial charge in [-0.05, 0) is 57.1 Å². The quantitative estimate of drug-likeness (QED) is 0.211. The van der Waals surface area contributed by atoms with Crippen LogP contribution in [0.15, 0.2) is 97.1 Å². The Morgan fingerprint density at radius 1 is 0.457 bits per heavy atom. The summed E-state index contributed by atoms with van der Waals surface area (Å²) in [5.41, 5.74) is 9.25. The molecule has 2 aliphatic carbocycles. The zero-order valence-electron chi connectivity index (χ0n) is 18.3. The molecule has 0 bridgehead atoms. The smallest absolute Gasteiger partial charge is 0.190 e.